The van der Waals surface area contributed by atoms with E-state index in [1.165, 1.54) is 0 Å². The van der Waals surface area contributed by atoms with Gasteiger partial charge in [0.05, 0.1) is 5.69 Å². The smallest absolute Gasteiger partial charge is 0.183 e. The molecule has 0 aromatic carbocycles. The van der Waals surface area contributed by atoms with Crippen molar-refractivity contribution in [2.24, 2.45) is 13.0 Å². The van der Waals surface area contributed by atoms with Gasteiger partial charge < -0.3 is 4.74 Å². The average Bonchev–Trinajstić information content (AvgIpc) is 2.66. The molecule has 0 aliphatic carbocycles. The highest BCUT2D eigenvalue weighted by Crippen LogP contribution is 2.13. The maximum atomic E-state index is 12.1. The Morgan fingerprint density at radius 2 is 2.31 bits per heavy atom. The SMILES string of the molecule is CCc1cc(C(=O)C(C)CCOC)n(C)n1. The van der Waals surface area contributed by atoms with Crippen LogP contribution >= 0.6 is 0 Å². The van der Waals surface area contributed by atoms with E-state index in [-0.39, 0.29) is 11.7 Å². The van der Waals surface area contributed by atoms with Gasteiger partial charge in [0, 0.05) is 26.7 Å². The Morgan fingerprint density at radius 3 is 2.81 bits per heavy atom. The van der Waals surface area contributed by atoms with Crippen LogP contribution in [-0.2, 0) is 18.2 Å². The van der Waals surface area contributed by atoms with E-state index in [2.05, 4.69) is 5.10 Å². The van der Waals surface area contributed by atoms with Gasteiger partial charge in [0.25, 0.3) is 0 Å². The molecule has 0 radical (unpaired) electrons. The number of nitrogens with zero attached hydrogens (tertiary/aromatic N) is 2. The summed E-state index contributed by atoms with van der Waals surface area (Å²) in [5.41, 5.74) is 1.66. The number of ketones is 1. The van der Waals surface area contributed by atoms with E-state index < -0.39 is 0 Å². The molecule has 0 saturated carbocycles. The van der Waals surface area contributed by atoms with Crippen molar-refractivity contribution in [3.63, 3.8) is 0 Å². The van der Waals surface area contributed by atoms with Crippen molar-refractivity contribution in [1.82, 2.24) is 9.78 Å². The molecular weight excluding hydrogens is 204 g/mol. The summed E-state index contributed by atoms with van der Waals surface area (Å²) in [4.78, 5) is 12.1. The van der Waals surface area contributed by atoms with Crippen LogP contribution in [0, 0.1) is 5.92 Å². The fourth-order valence-corrected chi connectivity index (χ4v) is 1.61. The van der Waals surface area contributed by atoms with E-state index >= 15 is 0 Å². The number of carbonyl (C=O) groups is 1. The van der Waals surface area contributed by atoms with Gasteiger partial charge in [-0.25, -0.2) is 0 Å². The summed E-state index contributed by atoms with van der Waals surface area (Å²) in [6.07, 6.45) is 1.61. The predicted octanol–water partition coefficient (Wildman–Crippen LogP) is 1.84. The zero-order valence-corrected chi connectivity index (χ0v) is 10.5. The lowest BCUT2D eigenvalue weighted by atomic mass is 10.0. The molecule has 0 N–H and O–H groups in total. The van der Waals surface area contributed by atoms with Crippen molar-refractivity contribution < 1.29 is 9.53 Å². The highest BCUT2D eigenvalue weighted by molar-refractivity contribution is 5.96. The van der Waals surface area contributed by atoms with Gasteiger partial charge in [-0.1, -0.05) is 13.8 Å². The van der Waals surface area contributed by atoms with E-state index in [1.54, 1.807) is 11.8 Å². The lowest BCUT2D eigenvalue weighted by Crippen LogP contribution is -2.16. The molecule has 0 saturated heterocycles. The van der Waals surface area contributed by atoms with Gasteiger partial charge in [-0.2, -0.15) is 5.10 Å². The molecule has 4 nitrogen and oxygen atoms in total. The third kappa shape index (κ3) is 2.92. The minimum Gasteiger partial charge on any atom is -0.385 e. The number of aromatic nitrogens is 2. The minimum absolute atomic E-state index is 0.0138. The average molecular weight is 224 g/mol. The Labute approximate surface area is 96.6 Å². The second kappa shape index (κ2) is 5.80. The largest absolute Gasteiger partial charge is 0.385 e. The van der Waals surface area contributed by atoms with Crippen LogP contribution in [0.3, 0.4) is 0 Å². The van der Waals surface area contributed by atoms with E-state index in [1.807, 2.05) is 27.0 Å². The number of methoxy groups -OCH3 is 1. The molecule has 90 valence electrons. The van der Waals surface area contributed by atoms with Crippen molar-refractivity contribution in [1.29, 1.82) is 0 Å². The Kier molecular flexibility index (Phi) is 4.68. The third-order valence-corrected chi connectivity index (χ3v) is 2.75. The van der Waals surface area contributed by atoms with Gasteiger partial charge >= 0.3 is 0 Å². The van der Waals surface area contributed by atoms with Crippen LogP contribution in [0.1, 0.15) is 36.5 Å². The third-order valence-electron chi connectivity index (χ3n) is 2.75. The van der Waals surface area contributed by atoms with Crippen LogP contribution < -0.4 is 0 Å². The molecule has 0 spiro atoms. The van der Waals surface area contributed by atoms with Crippen LogP contribution in [-0.4, -0.2) is 29.3 Å². The molecule has 1 rings (SSSR count). The van der Waals surface area contributed by atoms with Crippen LogP contribution in [0.25, 0.3) is 0 Å². The lowest BCUT2D eigenvalue weighted by Gasteiger charge is -2.09. The number of aryl methyl sites for hydroxylation is 2. The Hall–Kier alpha value is -1.16. The van der Waals surface area contributed by atoms with Gasteiger partial charge in [-0.15, -0.1) is 0 Å². The van der Waals surface area contributed by atoms with Gasteiger partial charge in [-0.3, -0.25) is 9.48 Å². The van der Waals surface area contributed by atoms with Crippen molar-refractivity contribution in [3.8, 4) is 0 Å². The number of ether oxygens (including phenoxy) is 1. The lowest BCUT2D eigenvalue weighted by molar-refractivity contribution is 0.0884. The highest BCUT2D eigenvalue weighted by atomic mass is 16.5. The van der Waals surface area contributed by atoms with Gasteiger partial charge in [0.2, 0.25) is 0 Å². The first-order valence-corrected chi connectivity index (χ1v) is 5.66. The summed E-state index contributed by atoms with van der Waals surface area (Å²) in [6.45, 7) is 4.58. The fourth-order valence-electron chi connectivity index (χ4n) is 1.61. The molecular formula is C12H20N2O2. The topological polar surface area (TPSA) is 44.1 Å². The zero-order valence-electron chi connectivity index (χ0n) is 10.5. The van der Waals surface area contributed by atoms with Crippen LogP contribution in [0.15, 0.2) is 6.07 Å². The summed E-state index contributed by atoms with van der Waals surface area (Å²) in [5.74, 6) is 0.131. The molecule has 1 unspecified atom stereocenters. The van der Waals surface area contributed by atoms with Crippen molar-refractivity contribution >= 4 is 5.78 Å². The fraction of sp³-hybridized carbons (Fsp3) is 0.667. The maximum Gasteiger partial charge on any atom is 0.183 e. The molecule has 0 fully saturated rings. The summed E-state index contributed by atoms with van der Waals surface area (Å²) in [7, 11) is 3.46. The number of rotatable bonds is 6. The van der Waals surface area contributed by atoms with Crippen molar-refractivity contribution in [3.05, 3.63) is 17.5 Å². The predicted molar refractivity (Wildman–Crippen MR) is 62.6 cm³/mol. The first-order chi connectivity index (χ1) is 7.60. The summed E-state index contributed by atoms with van der Waals surface area (Å²) in [5, 5.41) is 4.28. The summed E-state index contributed by atoms with van der Waals surface area (Å²) >= 11 is 0. The number of carbonyl (C=O) groups excluding carboxylic acids is 1. The first-order valence-electron chi connectivity index (χ1n) is 5.66. The monoisotopic (exact) mass is 224 g/mol. The van der Waals surface area contributed by atoms with E-state index in [0.717, 1.165) is 18.5 Å². The summed E-state index contributed by atoms with van der Waals surface area (Å²) < 4.78 is 6.65. The second-order valence-electron chi connectivity index (χ2n) is 4.04. The molecule has 0 aliphatic rings. The number of Topliss-reactive ketones (excluding diaryl/α,β-unsaturated/α-hetero) is 1. The molecule has 4 heteroatoms. The molecule has 0 bridgehead atoms. The van der Waals surface area contributed by atoms with E-state index in [9.17, 15) is 4.79 Å². The normalized spacial score (nSPS) is 12.8. The van der Waals surface area contributed by atoms with E-state index in [0.29, 0.717) is 12.3 Å². The zero-order chi connectivity index (χ0) is 12.1. The van der Waals surface area contributed by atoms with E-state index in [4.69, 9.17) is 4.74 Å². The highest BCUT2D eigenvalue weighted by Gasteiger charge is 2.19. The summed E-state index contributed by atoms with van der Waals surface area (Å²) in [6, 6.07) is 1.88. The Bertz CT molecular complexity index is 358. The van der Waals surface area contributed by atoms with Gasteiger partial charge in [0.1, 0.15) is 5.69 Å². The minimum atomic E-state index is -0.0138. The van der Waals surface area contributed by atoms with Crippen LogP contribution in [0.2, 0.25) is 0 Å². The number of hydrogen-bond donors (Lipinski definition) is 0. The standard InChI is InChI=1S/C12H20N2O2/c1-5-10-8-11(14(3)13-10)12(15)9(2)6-7-16-4/h8-9H,5-7H2,1-4H3. The molecule has 1 aromatic heterocycles. The van der Waals surface area contributed by atoms with Crippen LogP contribution in [0.5, 0.6) is 0 Å². The molecule has 0 aliphatic heterocycles. The quantitative estimate of drug-likeness (QED) is 0.692. The second-order valence-corrected chi connectivity index (χ2v) is 4.04. The van der Waals surface area contributed by atoms with Crippen molar-refractivity contribution in [2.75, 3.05) is 13.7 Å². The van der Waals surface area contributed by atoms with Gasteiger partial charge in [0.15, 0.2) is 5.78 Å². The first kappa shape index (κ1) is 12.9. The molecule has 0 amide bonds. The molecule has 1 aromatic rings. The van der Waals surface area contributed by atoms with Crippen molar-refractivity contribution in [2.45, 2.75) is 26.7 Å². The maximum absolute atomic E-state index is 12.1. The van der Waals surface area contributed by atoms with Gasteiger partial charge in [-0.05, 0) is 18.9 Å². The number of hydrogen-bond acceptors (Lipinski definition) is 3. The molecule has 1 atom stereocenters. The molecule has 16 heavy (non-hydrogen) atoms. The molecule has 1 heterocycles. The Morgan fingerprint density at radius 1 is 1.62 bits per heavy atom. The Balaban J connectivity index is 2.75. The van der Waals surface area contributed by atoms with Crippen LogP contribution in [0.4, 0.5) is 0 Å².